The van der Waals surface area contributed by atoms with Gasteiger partial charge in [0, 0.05) is 24.2 Å². The molecule has 1 heterocycles. The fourth-order valence-corrected chi connectivity index (χ4v) is 5.88. The molecule has 1 N–H and O–H groups in total. The molecule has 1 aliphatic rings. The average molecular weight is 429 g/mol. The lowest BCUT2D eigenvalue weighted by Gasteiger charge is -2.31. The van der Waals surface area contributed by atoms with E-state index in [0.29, 0.717) is 17.9 Å². The molecule has 0 spiro atoms. The highest BCUT2D eigenvalue weighted by Crippen LogP contribution is 2.23. The van der Waals surface area contributed by atoms with Crippen molar-refractivity contribution in [1.82, 2.24) is 9.03 Å². The first-order valence-corrected chi connectivity index (χ1v) is 11.8. The van der Waals surface area contributed by atoms with Crippen LogP contribution in [0.2, 0.25) is 5.02 Å². The number of nitrogens with zero attached hydrogens (tertiary/aromatic N) is 1. The fourth-order valence-electron chi connectivity index (χ4n) is 2.97. The van der Waals surface area contributed by atoms with E-state index < -0.39 is 20.0 Å². The Balaban J connectivity index is 1.65. The summed E-state index contributed by atoms with van der Waals surface area (Å²) >= 11 is 5.81. The second kappa shape index (κ2) is 7.89. The summed E-state index contributed by atoms with van der Waals surface area (Å²) in [6, 6.07) is 12.4. The second-order valence-electron chi connectivity index (χ2n) is 6.57. The molecular formula is C18H21ClN2O4S2. The predicted molar refractivity (Wildman–Crippen MR) is 105 cm³/mol. The second-order valence-corrected chi connectivity index (χ2v) is 10.7. The van der Waals surface area contributed by atoms with Gasteiger partial charge in [-0.15, -0.1) is 0 Å². The van der Waals surface area contributed by atoms with Gasteiger partial charge in [-0.3, -0.25) is 0 Å². The minimum atomic E-state index is -3.62. The lowest BCUT2D eigenvalue weighted by Crippen LogP contribution is -2.46. The molecule has 146 valence electrons. The Morgan fingerprint density at radius 3 is 1.96 bits per heavy atom. The molecule has 3 rings (SSSR count). The van der Waals surface area contributed by atoms with E-state index in [4.69, 9.17) is 11.6 Å². The molecule has 0 unspecified atom stereocenters. The highest BCUT2D eigenvalue weighted by molar-refractivity contribution is 7.89. The van der Waals surface area contributed by atoms with E-state index in [-0.39, 0.29) is 28.9 Å². The first-order chi connectivity index (χ1) is 12.7. The van der Waals surface area contributed by atoms with E-state index in [9.17, 15) is 16.8 Å². The van der Waals surface area contributed by atoms with Crippen molar-refractivity contribution in [1.29, 1.82) is 0 Å². The van der Waals surface area contributed by atoms with E-state index in [1.807, 2.05) is 6.92 Å². The molecule has 0 aromatic heterocycles. The quantitative estimate of drug-likeness (QED) is 0.793. The van der Waals surface area contributed by atoms with Crippen molar-refractivity contribution in [2.45, 2.75) is 35.6 Å². The predicted octanol–water partition coefficient (Wildman–Crippen LogP) is 2.78. The molecule has 0 saturated carbocycles. The monoisotopic (exact) mass is 428 g/mol. The van der Waals surface area contributed by atoms with Crippen molar-refractivity contribution < 1.29 is 16.8 Å². The van der Waals surface area contributed by atoms with Crippen LogP contribution in [0.4, 0.5) is 0 Å². The Morgan fingerprint density at radius 1 is 0.889 bits per heavy atom. The van der Waals surface area contributed by atoms with Crippen LogP contribution in [0.5, 0.6) is 0 Å². The minimum Gasteiger partial charge on any atom is -0.208 e. The lowest BCUT2D eigenvalue weighted by atomic mass is 10.1. The summed E-state index contributed by atoms with van der Waals surface area (Å²) in [4.78, 5) is 0.398. The molecular weight excluding hydrogens is 408 g/mol. The van der Waals surface area contributed by atoms with Crippen LogP contribution in [0.15, 0.2) is 58.3 Å². The average Bonchev–Trinajstić information content (AvgIpc) is 2.62. The molecule has 0 bridgehead atoms. The molecule has 9 heteroatoms. The van der Waals surface area contributed by atoms with Crippen LogP contribution < -0.4 is 4.72 Å². The molecule has 0 atom stereocenters. The third-order valence-corrected chi connectivity index (χ3v) is 8.26. The van der Waals surface area contributed by atoms with Gasteiger partial charge in [0.05, 0.1) is 9.79 Å². The number of rotatable bonds is 5. The first-order valence-electron chi connectivity index (χ1n) is 8.53. The van der Waals surface area contributed by atoms with Crippen LogP contribution in [0.1, 0.15) is 18.4 Å². The summed E-state index contributed by atoms with van der Waals surface area (Å²) in [5, 5.41) is 0.471. The van der Waals surface area contributed by atoms with E-state index in [2.05, 4.69) is 4.72 Å². The Hall–Kier alpha value is -1.45. The van der Waals surface area contributed by atoms with Gasteiger partial charge in [0.2, 0.25) is 20.0 Å². The summed E-state index contributed by atoms with van der Waals surface area (Å²) in [6.45, 7) is 2.40. The summed E-state index contributed by atoms with van der Waals surface area (Å²) < 4.78 is 54.4. The van der Waals surface area contributed by atoms with Gasteiger partial charge in [-0.2, -0.15) is 4.31 Å². The van der Waals surface area contributed by atoms with Crippen LogP contribution in [0, 0.1) is 6.92 Å². The number of piperidine rings is 1. The molecule has 2 aromatic carbocycles. The fraction of sp³-hybridized carbons (Fsp3) is 0.333. The maximum atomic E-state index is 12.7. The highest BCUT2D eigenvalue weighted by atomic mass is 35.5. The number of hydrogen-bond donors (Lipinski definition) is 1. The third kappa shape index (κ3) is 4.70. The van der Waals surface area contributed by atoms with Crippen LogP contribution >= 0.6 is 11.6 Å². The smallest absolute Gasteiger partial charge is 0.208 e. The Bertz CT molecular complexity index is 996. The lowest BCUT2D eigenvalue weighted by molar-refractivity contribution is 0.308. The molecule has 2 aromatic rings. The van der Waals surface area contributed by atoms with E-state index in [1.165, 1.54) is 28.6 Å². The minimum absolute atomic E-state index is 0.186. The normalized spacial score (nSPS) is 17.1. The van der Waals surface area contributed by atoms with Crippen molar-refractivity contribution in [3.8, 4) is 0 Å². The topological polar surface area (TPSA) is 83.6 Å². The van der Waals surface area contributed by atoms with Gasteiger partial charge < -0.3 is 0 Å². The van der Waals surface area contributed by atoms with E-state index in [0.717, 1.165) is 5.56 Å². The molecule has 0 amide bonds. The molecule has 0 radical (unpaired) electrons. The van der Waals surface area contributed by atoms with Crippen molar-refractivity contribution >= 4 is 31.6 Å². The Morgan fingerprint density at radius 2 is 1.41 bits per heavy atom. The maximum absolute atomic E-state index is 12.7. The molecule has 6 nitrogen and oxygen atoms in total. The zero-order valence-electron chi connectivity index (χ0n) is 14.8. The summed E-state index contributed by atoms with van der Waals surface area (Å²) in [7, 11) is -7.22. The molecule has 1 fully saturated rings. The van der Waals surface area contributed by atoms with Gasteiger partial charge in [-0.05, 0) is 56.2 Å². The summed E-state index contributed by atoms with van der Waals surface area (Å²) in [5.41, 5.74) is 0.981. The zero-order valence-corrected chi connectivity index (χ0v) is 17.2. The van der Waals surface area contributed by atoms with Gasteiger partial charge in [-0.1, -0.05) is 29.3 Å². The number of hydrogen-bond acceptors (Lipinski definition) is 4. The SMILES string of the molecule is Cc1ccc(S(=O)(=O)NC2CCN(S(=O)(=O)c3ccc(Cl)cc3)CC2)cc1. The van der Waals surface area contributed by atoms with Crippen molar-refractivity contribution in [2.24, 2.45) is 0 Å². The third-order valence-electron chi connectivity index (χ3n) is 4.56. The number of aryl methyl sites for hydroxylation is 1. The van der Waals surface area contributed by atoms with E-state index >= 15 is 0 Å². The number of benzene rings is 2. The number of sulfonamides is 2. The van der Waals surface area contributed by atoms with Crippen LogP contribution in [-0.2, 0) is 20.0 Å². The Kier molecular flexibility index (Phi) is 5.93. The van der Waals surface area contributed by atoms with Crippen LogP contribution in [0.3, 0.4) is 0 Å². The van der Waals surface area contributed by atoms with E-state index in [1.54, 1.807) is 24.3 Å². The Labute approximate surface area is 165 Å². The number of nitrogens with one attached hydrogen (secondary N) is 1. The molecule has 0 aliphatic carbocycles. The van der Waals surface area contributed by atoms with Crippen molar-refractivity contribution in [2.75, 3.05) is 13.1 Å². The van der Waals surface area contributed by atoms with Crippen LogP contribution in [-0.4, -0.2) is 40.3 Å². The standard InChI is InChI=1S/C18H21ClN2O4S2/c1-14-2-6-17(7-3-14)26(22,23)20-16-10-12-21(13-11-16)27(24,25)18-8-4-15(19)5-9-18/h2-9,16,20H,10-13H2,1H3. The summed E-state index contributed by atoms with van der Waals surface area (Å²) in [6.07, 6.45) is 0.829. The van der Waals surface area contributed by atoms with Crippen LogP contribution in [0.25, 0.3) is 0 Å². The maximum Gasteiger partial charge on any atom is 0.243 e. The van der Waals surface area contributed by atoms with Crippen molar-refractivity contribution in [3.63, 3.8) is 0 Å². The van der Waals surface area contributed by atoms with Gasteiger partial charge in [0.15, 0.2) is 0 Å². The van der Waals surface area contributed by atoms with Gasteiger partial charge in [-0.25, -0.2) is 21.6 Å². The molecule has 1 saturated heterocycles. The number of halogens is 1. The zero-order chi connectivity index (χ0) is 19.7. The first kappa shape index (κ1) is 20.3. The van der Waals surface area contributed by atoms with Gasteiger partial charge in [0.25, 0.3) is 0 Å². The summed E-state index contributed by atoms with van der Waals surface area (Å²) in [5.74, 6) is 0. The van der Waals surface area contributed by atoms with Crippen molar-refractivity contribution in [3.05, 3.63) is 59.1 Å². The van der Waals surface area contributed by atoms with Gasteiger partial charge >= 0.3 is 0 Å². The molecule has 1 aliphatic heterocycles. The largest absolute Gasteiger partial charge is 0.243 e. The molecule has 27 heavy (non-hydrogen) atoms. The van der Waals surface area contributed by atoms with Gasteiger partial charge in [0.1, 0.15) is 0 Å². The highest BCUT2D eigenvalue weighted by Gasteiger charge is 2.31.